The number of ether oxygens (including phenoxy) is 4. The number of methoxy groups -OCH3 is 4. The predicted molar refractivity (Wildman–Crippen MR) is 134 cm³/mol. The minimum Gasteiger partial charge on any atom is -0.497 e. The van der Waals surface area contributed by atoms with Crippen molar-refractivity contribution in [1.29, 1.82) is 0 Å². The zero-order chi connectivity index (χ0) is 25.0. The summed E-state index contributed by atoms with van der Waals surface area (Å²) in [4.78, 5) is 15.5. The van der Waals surface area contributed by atoms with E-state index in [-0.39, 0.29) is 17.9 Å². The second-order valence-electron chi connectivity index (χ2n) is 9.24. The first-order valence-electron chi connectivity index (χ1n) is 12.1. The average Bonchev–Trinajstić information content (AvgIpc) is 2.90. The molecule has 0 radical (unpaired) electrons. The van der Waals surface area contributed by atoms with Crippen LogP contribution in [0.25, 0.3) is 6.08 Å². The molecule has 0 unspecified atom stereocenters. The first-order chi connectivity index (χ1) is 16.9. The minimum absolute atomic E-state index is 0.0641. The lowest BCUT2D eigenvalue weighted by Gasteiger charge is -2.52. The molecular weight excluding hydrogens is 446 g/mol. The van der Waals surface area contributed by atoms with Crippen LogP contribution in [-0.2, 0) is 4.79 Å². The molecule has 0 bridgehead atoms. The number of piperidine rings is 1. The maximum Gasteiger partial charge on any atom is 0.247 e. The van der Waals surface area contributed by atoms with Crippen LogP contribution in [0.5, 0.6) is 23.0 Å². The maximum absolute atomic E-state index is 13.6. The molecule has 1 aliphatic carbocycles. The van der Waals surface area contributed by atoms with E-state index in [4.69, 9.17) is 18.9 Å². The van der Waals surface area contributed by atoms with Gasteiger partial charge in [-0.25, -0.2) is 0 Å². The van der Waals surface area contributed by atoms with Crippen molar-refractivity contribution in [2.75, 3.05) is 35.0 Å². The number of benzene rings is 2. The number of nitrogens with zero attached hydrogens (tertiary/aromatic N) is 1. The lowest BCUT2D eigenvalue weighted by atomic mass is 9.66. The standard InChI is InChI=1S/C28H35NO6/c1-32-20-10-11-21(24(18-20)34-3)27-22-7-5-6-14-28(22,31)15-16-29(27)26(30)13-9-19-8-12-23(33-2)25(17-19)35-4/h8-13,17-18,22,27,31H,5-7,14-16H2,1-4H3/b13-9+/t22-,27+,28-/m1/s1. The largest absolute Gasteiger partial charge is 0.497 e. The van der Waals surface area contributed by atoms with Crippen LogP contribution in [0.2, 0.25) is 0 Å². The Balaban J connectivity index is 1.68. The molecule has 4 rings (SSSR count). The number of rotatable bonds is 7. The summed E-state index contributed by atoms with van der Waals surface area (Å²) in [7, 11) is 6.41. The quantitative estimate of drug-likeness (QED) is 0.581. The maximum atomic E-state index is 13.6. The van der Waals surface area contributed by atoms with Crippen LogP contribution in [0, 0.1) is 5.92 Å². The first kappa shape index (κ1) is 24.9. The summed E-state index contributed by atoms with van der Waals surface area (Å²) in [6, 6.07) is 10.9. The number of carbonyl (C=O) groups excluding carboxylic acids is 1. The van der Waals surface area contributed by atoms with Gasteiger partial charge in [0.1, 0.15) is 11.5 Å². The summed E-state index contributed by atoms with van der Waals surface area (Å²) in [6.45, 7) is 0.474. The van der Waals surface area contributed by atoms with Gasteiger partial charge in [-0.1, -0.05) is 18.9 Å². The second-order valence-corrected chi connectivity index (χ2v) is 9.24. The van der Waals surface area contributed by atoms with Gasteiger partial charge >= 0.3 is 0 Å². The third kappa shape index (κ3) is 4.96. The highest BCUT2D eigenvalue weighted by molar-refractivity contribution is 5.92. The smallest absolute Gasteiger partial charge is 0.247 e. The molecular formula is C28H35NO6. The number of hydrogen-bond acceptors (Lipinski definition) is 6. The number of fused-ring (bicyclic) bond motifs is 1. The van der Waals surface area contributed by atoms with Crippen molar-refractivity contribution < 1.29 is 28.8 Å². The van der Waals surface area contributed by atoms with E-state index >= 15 is 0 Å². The van der Waals surface area contributed by atoms with Crippen molar-refractivity contribution in [3.8, 4) is 23.0 Å². The van der Waals surface area contributed by atoms with Crippen LogP contribution in [0.1, 0.15) is 49.3 Å². The summed E-state index contributed by atoms with van der Waals surface area (Å²) in [5.41, 5.74) is 0.949. The van der Waals surface area contributed by atoms with Gasteiger partial charge in [0.15, 0.2) is 11.5 Å². The summed E-state index contributed by atoms with van der Waals surface area (Å²) in [5, 5.41) is 11.6. The average molecular weight is 482 g/mol. The van der Waals surface area contributed by atoms with Crippen molar-refractivity contribution in [2.24, 2.45) is 5.92 Å². The Kier molecular flexibility index (Phi) is 7.55. The third-order valence-corrected chi connectivity index (χ3v) is 7.44. The minimum atomic E-state index is -0.780. The number of carbonyl (C=O) groups is 1. The molecule has 2 aromatic carbocycles. The highest BCUT2D eigenvalue weighted by Gasteiger charge is 2.50. The molecule has 1 amide bonds. The fourth-order valence-electron chi connectivity index (χ4n) is 5.60. The van der Waals surface area contributed by atoms with Crippen molar-refractivity contribution in [3.05, 3.63) is 53.6 Å². The number of aliphatic hydroxyl groups is 1. The molecule has 2 aliphatic rings. The molecule has 1 saturated carbocycles. The van der Waals surface area contributed by atoms with Gasteiger partial charge in [0, 0.05) is 30.2 Å². The Bertz CT molecular complexity index is 1080. The Morgan fingerprint density at radius 2 is 1.71 bits per heavy atom. The molecule has 188 valence electrons. The highest BCUT2D eigenvalue weighted by Crippen LogP contribution is 2.51. The Hall–Kier alpha value is -3.19. The van der Waals surface area contributed by atoms with Gasteiger partial charge in [-0.05, 0) is 55.2 Å². The molecule has 3 atom stereocenters. The Labute approximate surface area is 207 Å². The number of amides is 1. The van der Waals surface area contributed by atoms with E-state index < -0.39 is 5.60 Å². The Morgan fingerprint density at radius 3 is 2.43 bits per heavy atom. The molecule has 1 saturated heterocycles. The summed E-state index contributed by atoms with van der Waals surface area (Å²) in [6.07, 6.45) is 7.61. The van der Waals surface area contributed by atoms with Crippen molar-refractivity contribution >= 4 is 12.0 Å². The lowest BCUT2D eigenvalue weighted by molar-refractivity contribution is -0.151. The summed E-state index contributed by atoms with van der Waals surface area (Å²) in [5.74, 6) is 2.42. The molecule has 1 aliphatic heterocycles. The normalized spacial score (nSPS) is 24.1. The Morgan fingerprint density at radius 1 is 0.943 bits per heavy atom. The van der Waals surface area contributed by atoms with Gasteiger partial charge in [-0.3, -0.25) is 4.79 Å². The van der Waals surface area contributed by atoms with Gasteiger partial charge in [0.05, 0.1) is 40.1 Å². The molecule has 0 aromatic heterocycles. The van der Waals surface area contributed by atoms with Crippen molar-refractivity contribution in [1.82, 2.24) is 4.90 Å². The van der Waals surface area contributed by atoms with E-state index in [1.165, 1.54) is 0 Å². The number of hydrogen-bond donors (Lipinski definition) is 1. The van der Waals surface area contributed by atoms with E-state index in [1.54, 1.807) is 40.6 Å². The van der Waals surface area contributed by atoms with Crippen LogP contribution in [0.3, 0.4) is 0 Å². The zero-order valence-corrected chi connectivity index (χ0v) is 21.0. The number of likely N-dealkylation sites (tertiary alicyclic amines) is 1. The topological polar surface area (TPSA) is 77.5 Å². The van der Waals surface area contributed by atoms with Crippen molar-refractivity contribution in [3.63, 3.8) is 0 Å². The summed E-state index contributed by atoms with van der Waals surface area (Å²) >= 11 is 0. The van der Waals surface area contributed by atoms with Crippen LogP contribution in [0.4, 0.5) is 0 Å². The fourth-order valence-corrected chi connectivity index (χ4v) is 5.60. The van der Waals surface area contributed by atoms with E-state index in [2.05, 4.69) is 0 Å². The van der Waals surface area contributed by atoms with Crippen LogP contribution in [-0.4, -0.2) is 56.5 Å². The van der Waals surface area contributed by atoms with Crippen LogP contribution >= 0.6 is 0 Å². The zero-order valence-electron chi connectivity index (χ0n) is 21.0. The first-order valence-corrected chi connectivity index (χ1v) is 12.1. The molecule has 2 fully saturated rings. The summed E-state index contributed by atoms with van der Waals surface area (Å²) < 4.78 is 21.8. The van der Waals surface area contributed by atoms with Gasteiger partial charge in [-0.15, -0.1) is 0 Å². The SMILES string of the molecule is COc1ccc([C@H]2[C@H]3CCCC[C@@]3(O)CCN2C(=O)/C=C/c2ccc(OC)c(OC)c2)c(OC)c1. The highest BCUT2D eigenvalue weighted by atomic mass is 16.5. The van der Waals surface area contributed by atoms with Crippen LogP contribution < -0.4 is 18.9 Å². The molecule has 7 nitrogen and oxygen atoms in total. The van der Waals surface area contributed by atoms with Gasteiger partial charge < -0.3 is 29.0 Å². The molecule has 7 heteroatoms. The molecule has 1 N–H and O–H groups in total. The van der Waals surface area contributed by atoms with E-state index in [9.17, 15) is 9.90 Å². The van der Waals surface area contributed by atoms with Gasteiger partial charge in [0.2, 0.25) is 5.91 Å². The van der Waals surface area contributed by atoms with Crippen molar-refractivity contribution in [2.45, 2.75) is 43.7 Å². The molecule has 35 heavy (non-hydrogen) atoms. The molecule has 1 heterocycles. The van der Waals surface area contributed by atoms with Gasteiger partial charge in [0.25, 0.3) is 0 Å². The van der Waals surface area contributed by atoms with E-state index in [0.29, 0.717) is 36.0 Å². The van der Waals surface area contributed by atoms with Crippen LogP contribution in [0.15, 0.2) is 42.5 Å². The lowest BCUT2D eigenvalue weighted by Crippen LogP contribution is -2.56. The second kappa shape index (κ2) is 10.6. The molecule has 0 spiro atoms. The van der Waals surface area contributed by atoms with E-state index in [0.717, 1.165) is 36.8 Å². The van der Waals surface area contributed by atoms with Gasteiger partial charge in [-0.2, -0.15) is 0 Å². The fraction of sp³-hybridized carbons (Fsp3) is 0.464. The predicted octanol–water partition coefficient (Wildman–Crippen LogP) is 4.63. The monoisotopic (exact) mass is 481 g/mol. The molecule has 2 aromatic rings. The van der Waals surface area contributed by atoms with E-state index in [1.807, 2.05) is 41.3 Å². The third-order valence-electron chi connectivity index (χ3n) is 7.44.